The Morgan fingerprint density at radius 3 is 2.76 bits per heavy atom. The molecule has 0 spiro atoms. The molecule has 2 aliphatic rings. The fourth-order valence-corrected chi connectivity index (χ4v) is 4.29. The smallest absolute Gasteiger partial charge is 0.335 e. The number of para-hydroxylation sites is 1. The highest BCUT2D eigenvalue weighted by Gasteiger charge is 2.38. The molecule has 5 heteroatoms. The summed E-state index contributed by atoms with van der Waals surface area (Å²) in [5.41, 5.74) is 1.42. The SMILES string of the molecule is COC(=O)C1CC(NCC2(c3ccccc3OC)CCCC2)CCO1. The second-order valence-electron chi connectivity index (χ2n) is 7.17. The molecule has 138 valence electrons. The molecular weight excluding hydrogens is 318 g/mol. The molecule has 1 aromatic rings. The standard InChI is InChI=1S/C20H29NO4/c1-23-17-8-4-3-7-16(17)20(10-5-6-11-20)14-21-15-9-12-25-18(13-15)19(22)24-2/h3-4,7-8,15,18,21H,5-6,9-14H2,1-2H3. The van der Waals surface area contributed by atoms with Gasteiger partial charge in [-0.15, -0.1) is 0 Å². The minimum atomic E-state index is -0.443. The lowest BCUT2D eigenvalue weighted by atomic mass is 9.78. The van der Waals surface area contributed by atoms with E-state index in [1.54, 1.807) is 7.11 Å². The zero-order valence-corrected chi connectivity index (χ0v) is 15.3. The van der Waals surface area contributed by atoms with Gasteiger partial charge in [0.15, 0.2) is 6.10 Å². The van der Waals surface area contributed by atoms with Crippen molar-refractivity contribution in [1.29, 1.82) is 0 Å². The monoisotopic (exact) mass is 347 g/mol. The highest BCUT2D eigenvalue weighted by atomic mass is 16.6. The van der Waals surface area contributed by atoms with Crippen LogP contribution in [0.4, 0.5) is 0 Å². The molecule has 1 aromatic carbocycles. The Morgan fingerprint density at radius 1 is 1.28 bits per heavy atom. The largest absolute Gasteiger partial charge is 0.496 e. The molecule has 1 N–H and O–H groups in total. The zero-order valence-electron chi connectivity index (χ0n) is 15.3. The van der Waals surface area contributed by atoms with Gasteiger partial charge in [-0.3, -0.25) is 0 Å². The predicted octanol–water partition coefficient (Wildman–Crippen LogP) is 2.82. The molecule has 2 unspecified atom stereocenters. The highest BCUT2D eigenvalue weighted by Crippen LogP contribution is 2.44. The Morgan fingerprint density at radius 2 is 2.04 bits per heavy atom. The number of nitrogens with one attached hydrogen (secondary N) is 1. The maximum Gasteiger partial charge on any atom is 0.335 e. The summed E-state index contributed by atoms with van der Waals surface area (Å²) in [6, 6.07) is 8.66. The van der Waals surface area contributed by atoms with Gasteiger partial charge in [0.1, 0.15) is 5.75 Å². The van der Waals surface area contributed by atoms with Crippen LogP contribution in [-0.4, -0.2) is 45.5 Å². The van der Waals surface area contributed by atoms with E-state index in [0.29, 0.717) is 13.0 Å². The van der Waals surface area contributed by atoms with Crippen molar-refractivity contribution in [3.05, 3.63) is 29.8 Å². The van der Waals surface area contributed by atoms with E-state index in [-0.39, 0.29) is 17.4 Å². The molecule has 0 bridgehead atoms. The summed E-state index contributed by atoms with van der Waals surface area (Å²) < 4.78 is 16.0. The van der Waals surface area contributed by atoms with E-state index in [2.05, 4.69) is 23.5 Å². The van der Waals surface area contributed by atoms with Crippen LogP contribution in [0.5, 0.6) is 5.75 Å². The van der Waals surface area contributed by atoms with E-state index >= 15 is 0 Å². The fraction of sp³-hybridized carbons (Fsp3) is 0.650. The van der Waals surface area contributed by atoms with E-state index in [0.717, 1.165) is 18.7 Å². The number of hydrogen-bond donors (Lipinski definition) is 1. The third-order valence-electron chi connectivity index (χ3n) is 5.72. The quantitative estimate of drug-likeness (QED) is 0.802. The molecule has 3 rings (SSSR count). The first kappa shape index (κ1) is 18.2. The van der Waals surface area contributed by atoms with Gasteiger partial charge in [0.25, 0.3) is 0 Å². The van der Waals surface area contributed by atoms with E-state index < -0.39 is 6.10 Å². The molecule has 0 aromatic heterocycles. The number of ether oxygens (including phenoxy) is 3. The summed E-state index contributed by atoms with van der Waals surface area (Å²) >= 11 is 0. The van der Waals surface area contributed by atoms with Crippen LogP contribution in [0, 0.1) is 0 Å². The van der Waals surface area contributed by atoms with Gasteiger partial charge >= 0.3 is 5.97 Å². The van der Waals surface area contributed by atoms with Gasteiger partial charge in [-0.05, 0) is 31.7 Å². The topological polar surface area (TPSA) is 56.8 Å². The highest BCUT2D eigenvalue weighted by molar-refractivity contribution is 5.74. The number of carbonyl (C=O) groups excluding carboxylic acids is 1. The predicted molar refractivity (Wildman–Crippen MR) is 95.9 cm³/mol. The average molecular weight is 347 g/mol. The van der Waals surface area contributed by atoms with Gasteiger partial charge in [0.05, 0.1) is 14.2 Å². The molecule has 1 saturated carbocycles. The number of hydrogen-bond acceptors (Lipinski definition) is 5. The minimum absolute atomic E-state index is 0.117. The van der Waals surface area contributed by atoms with E-state index in [4.69, 9.17) is 14.2 Å². The zero-order chi connectivity index (χ0) is 17.7. The second-order valence-corrected chi connectivity index (χ2v) is 7.17. The summed E-state index contributed by atoms with van der Waals surface area (Å²) in [6.45, 7) is 1.50. The molecule has 1 saturated heterocycles. The molecule has 5 nitrogen and oxygen atoms in total. The van der Waals surface area contributed by atoms with E-state index in [1.807, 2.05) is 6.07 Å². The van der Waals surface area contributed by atoms with Gasteiger partial charge in [-0.2, -0.15) is 0 Å². The van der Waals surface area contributed by atoms with E-state index in [9.17, 15) is 4.79 Å². The number of esters is 1. The Hall–Kier alpha value is -1.59. The Bertz CT molecular complexity index is 583. The first-order chi connectivity index (χ1) is 12.2. The maximum atomic E-state index is 11.7. The first-order valence-electron chi connectivity index (χ1n) is 9.25. The van der Waals surface area contributed by atoms with Crippen LogP contribution in [0.15, 0.2) is 24.3 Å². The normalized spacial score (nSPS) is 25.5. The van der Waals surface area contributed by atoms with Gasteiger partial charge in [0, 0.05) is 30.2 Å². The van der Waals surface area contributed by atoms with Crippen molar-refractivity contribution in [2.75, 3.05) is 27.4 Å². The van der Waals surface area contributed by atoms with Crippen LogP contribution in [0.3, 0.4) is 0 Å². The van der Waals surface area contributed by atoms with Gasteiger partial charge < -0.3 is 19.5 Å². The van der Waals surface area contributed by atoms with Crippen LogP contribution in [-0.2, 0) is 19.7 Å². The molecule has 0 amide bonds. The summed E-state index contributed by atoms with van der Waals surface area (Å²) in [7, 11) is 3.16. The molecule has 1 aliphatic heterocycles. The van der Waals surface area contributed by atoms with Crippen molar-refractivity contribution in [1.82, 2.24) is 5.32 Å². The van der Waals surface area contributed by atoms with Crippen molar-refractivity contribution in [2.45, 2.75) is 56.1 Å². The Balaban J connectivity index is 1.69. The van der Waals surface area contributed by atoms with Crippen molar-refractivity contribution in [3.8, 4) is 5.75 Å². The summed E-state index contributed by atoms with van der Waals surface area (Å²) in [6.07, 6.45) is 6.00. The Labute approximate surface area is 150 Å². The molecule has 0 radical (unpaired) electrons. The fourth-order valence-electron chi connectivity index (χ4n) is 4.29. The maximum absolute atomic E-state index is 11.7. The number of rotatable bonds is 6. The lowest BCUT2D eigenvalue weighted by molar-refractivity contribution is -0.157. The van der Waals surface area contributed by atoms with Crippen LogP contribution in [0.2, 0.25) is 0 Å². The molecule has 2 atom stereocenters. The molecule has 25 heavy (non-hydrogen) atoms. The second kappa shape index (κ2) is 8.19. The lowest BCUT2D eigenvalue weighted by Gasteiger charge is -2.35. The summed E-state index contributed by atoms with van der Waals surface area (Å²) in [5.74, 6) is 0.706. The van der Waals surface area contributed by atoms with Gasteiger partial charge in [-0.1, -0.05) is 31.0 Å². The van der Waals surface area contributed by atoms with Crippen LogP contribution in [0.1, 0.15) is 44.1 Å². The van der Waals surface area contributed by atoms with Gasteiger partial charge in [-0.25, -0.2) is 4.79 Å². The van der Waals surface area contributed by atoms with E-state index in [1.165, 1.54) is 38.4 Å². The van der Waals surface area contributed by atoms with Crippen molar-refractivity contribution < 1.29 is 19.0 Å². The first-order valence-corrected chi connectivity index (χ1v) is 9.25. The van der Waals surface area contributed by atoms with Crippen molar-refractivity contribution in [2.24, 2.45) is 0 Å². The molecule has 2 fully saturated rings. The minimum Gasteiger partial charge on any atom is -0.496 e. The summed E-state index contributed by atoms with van der Waals surface area (Å²) in [4.78, 5) is 11.7. The van der Waals surface area contributed by atoms with Crippen molar-refractivity contribution >= 4 is 5.97 Å². The molecule has 1 heterocycles. The van der Waals surface area contributed by atoms with Gasteiger partial charge in [0.2, 0.25) is 0 Å². The van der Waals surface area contributed by atoms with Crippen LogP contribution in [0.25, 0.3) is 0 Å². The summed E-state index contributed by atoms with van der Waals surface area (Å²) in [5, 5.41) is 3.72. The number of carbonyl (C=O) groups is 1. The van der Waals surface area contributed by atoms with Crippen LogP contribution >= 0.6 is 0 Å². The average Bonchev–Trinajstić information content (AvgIpc) is 3.16. The van der Waals surface area contributed by atoms with Crippen molar-refractivity contribution in [3.63, 3.8) is 0 Å². The molecule has 1 aliphatic carbocycles. The number of methoxy groups -OCH3 is 2. The Kier molecular flexibility index (Phi) is 5.97. The van der Waals surface area contributed by atoms with Crippen LogP contribution < -0.4 is 10.1 Å². The number of benzene rings is 1. The third-order valence-corrected chi connectivity index (χ3v) is 5.72. The molecular formula is C20H29NO4. The lowest BCUT2D eigenvalue weighted by Crippen LogP contribution is -2.47. The third kappa shape index (κ3) is 3.98.